The Labute approximate surface area is 892 Å². The molecule has 12 unspecified atom stereocenters. The quantitative estimate of drug-likeness (QED) is 0.00659. The fourth-order valence-corrected chi connectivity index (χ4v) is 22.4. The van der Waals surface area contributed by atoms with E-state index < -0.39 is 131 Å². The SMILES string of the molecule is CO[C@](C)(C[C@@H](C)CI)[C@H](O[C@@H]1OC(C)CC(N(C)C)C1C)[C@H](C)C1=C(C)C(=O)OC(C)(C)O1.CO[C@](C)(C[C@@H](C)CO)[C@H](O[C@@H]1OC(C)CC(N(C)C)C1C)[C@H](C)C1=C(C)C(=O)OC(C)(C)O1.CO[C@](C)(C[C@@H](C)CO)[C@H](O[C@@H]1OC(C)CC(N(C)C)C1P=O)[C@@H](C)C1=C(C)C(=O)OC(C)(C)O1.CO[C@](C)(C[C@@H](C)C[N+](=O)[O-])[C@H](O[C@@H]1OC(C)CC(N(C)C)C1C)[C@H](C)C1=C(C)C(=O)OC(C)(C)O1.O=N[O-].[Na+]. The van der Waals surface area contributed by atoms with Crippen molar-refractivity contribution in [3.63, 3.8) is 0 Å². The van der Waals surface area contributed by atoms with E-state index in [4.69, 9.17) is 105 Å². The molecule has 8 heterocycles. The second-order valence-corrected chi connectivity index (χ2v) is 46.5. The van der Waals surface area contributed by atoms with Gasteiger partial charge in [0.2, 0.25) is 29.7 Å². The van der Waals surface area contributed by atoms with Gasteiger partial charge in [-0.15, -0.1) is 5.34 Å². The zero-order valence-electron chi connectivity index (χ0n) is 94.9. The van der Waals surface area contributed by atoms with Crippen molar-refractivity contribution in [2.75, 3.05) is 109 Å². The van der Waals surface area contributed by atoms with Gasteiger partial charge in [-0.3, -0.25) is 14.7 Å². The molecule has 8 aliphatic heterocycles. The number of nitro groups is 1. The first kappa shape index (κ1) is 133. The summed E-state index contributed by atoms with van der Waals surface area (Å²) in [5, 5.41) is 39.8. The third kappa shape index (κ3) is 36.6. The molecule has 40 heteroatoms. The predicted octanol–water partition coefficient (Wildman–Crippen LogP) is 13.9. The number of cyclic esters (lactones) is 4. The van der Waals surface area contributed by atoms with E-state index in [1.807, 2.05) is 116 Å². The minimum Gasteiger partial charge on any atom is -0.456 e. The summed E-state index contributed by atoms with van der Waals surface area (Å²) in [6.45, 7) is 58.6. The third-order valence-electron chi connectivity index (χ3n) is 29.0. The van der Waals surface area contributed by atoms with Crippen LogP contribution in [0.5, 0.6) is 0 Å². The molecule has 143 heavy (non-hydrogen) atoms. The van der Waals surface area contributed by atoms with E-state index in [1.165, 1.54) is 0 Å². The van der Waals surface area contributed by atoms with Gasteiger partial charge in [-0.2, -0.15) is 0 Å². The second kappa shape index (κ2) is 57.1. The summed E-state index contributed by atoms with van der Waals surface area (Å²) in [4.78, 5) is 78.1. The fraction of sp³-hybridized carbons (Fsp3) is 0.883. The minimum absolute atomic E-state index is 0. The van der Waals surface area contributed by atoms with Gasteiger partial charge in [-0.1, -0.05) is 98.8 Å². The Morgan fingerprint density at radius 3 is 0.832 bits per heavy atom. The van der Waals surface area contributed by atoms with E-state index >= 15 is 0 Å². The van der Waals surface area contributed by atoms with Crippen molar-refractivity contribution in [3.8, 4) is 0 Å². The summed E-state index contributed by atoms with van der Waals surface area (Å²) in [5.74, 6) is -5.07. The van der Waals surface area contributed by atoms with Gasteiger partial charge in [0.1, 0.15) is 28.7 Å². The molecule has 0 aromatic rings. The van der Waals surface area contributed by atoms with Gasteiger partial charge in [0.25, 0.3) is 0 Å². The topological polar surface area (TPSA) is 419 Å². The van der Waals surface area contributed by atoms with Crippen molar-refractivity contribution in [2.24, 2.45) is 70.4 Å². The van der Waals surface area contributed by atoms with Crippen LogP contribution >= 0.6 is 31.1 Å². The van der Waals surface area contributed by atoms with E-state index in [0.717, 1.165) is 41.9 Å². The summed E-state index contributed by atoms with van der Waals surface area (Å²) < 4.78 is 136. The van der Waals surface area contributed by atoms with Crippen molar-refractivity contribution in [3.05, 3.63) is 65.6 Å². The molecular weight excluding hydrogens is 2000 g/mol. The van der Waals surface area contributed by atoms with Crippen molar-refractivity contribution in [1.82, 2.24) is 19.6 Å². The van der Waals surface area contributed by atoms with Crippen LogP contribution in [0.3, 0.4) is 0 Å². The Balaban J connectivity index is 0.000000484. The molecule has 4 saturated heterocycles. The number of aliphatic hydroxyl groups is 2. The molecule has 0 spiro atoms. The summed E-state index contributed by atoms with van der Waals surface area (Å²) in [6, 6.07) is 0.880. The first-order valence-corrected chi connectivity index (χ1v) is 52.6. The molecule has 0 aliphatic carbocycles. The molecule has 0 radical (unpaired) electrons. The molecule has 37 nitrogen and oxygen atoms in total. The van der Waals surface area contributed by atoms with Gasteiger partial charge < -0.3 is 135 Å². The van der Waals surface area contributed by atoms with E-state index in [-0.39, 0.29) is 153 Å². The van der Waals surface area contributed by atoms with Gasteiger partial charge in [0.05, 0.1) is 93.5 Å². The van der Waals surface area contributed by atoms with Crippen LogP contribution in [0.1, 0.15) is 266 Å². The molecule has 4 fully saturated rings. The zero-order valence-corrected chi connectivity index (χ0v) is 99.9. The number of hydrogen-bond donors (Lipinski definition) is 2. The number of nitrogens with zero attached hydrogens (tertiary/aromatic N) is 6. The average molecular weight is 2180 g/mol. The van der Waals surface area contributed by atoms with Gasteiger partial charge in [-0.25, -0.2) is 19.2 Å². The van der Waals surface area contributed by atoms with Crippen molar-refractivity contribution in [1.29, 1.82) is 0 Å². The van der Waals surface area contributed by atoms with Crippen LogP contribution in [0.25, 0.3) is 0 Å². The summed E-state index contributed by atoms with van der Waals surface area (Å²) in [7, 11) is 22.9. The number of carbonyl (C=O) groups excluding carboxylic acids is 4. The molecule has 0 aromatic carbocycles. The Morgan fingerprint density at radius 2 is 0.629 bits per heavy atom. The molecule has 824 valence electrons. The molecule has 32 atom stereocenters. The maximum absolute atomic E-state index is 12.6. The minimum atomic E-state index is -1.13. The number of halogens is 1. The first-order valence-electron chi connectivity index (χ1n) is 50.2. The number of ether oxygens (including phenoxy) is 20. The van der Waals surface area contributed by atoms with Crippen LogP contribution in [0, 0.1) is 85.3 Å². The molecule has 8 aliphatic rings. The zero-order chi connectivity index (χ0) is 109. The van der Waals surface area contributed by atoms with E-state index in [0.29, 0.717) is 82.6 Å². The van der Waals surface area contributed by atoms with Crippen molar-refractivity contribution >= 4 is 54.9 Å². The van der Waals surface area contributed by atoms with Gasteiger partial charge in [0.15, 0.2) is 33.6 Å². The van der Waals surface area contributed by atoms with E-state index in [2.05, 4.69) is 114 Å². The third-order valence-corrected chi connectivity index (χ3v) is 31.4. The van der Waals surface area contributed by atoms with E-state index in [9.17, 15) is 44.1 Å². The number of esters is 4. The predicted molar refractivity (Wildman–Crippen MR) is 547 cm³/mol. The van der Waals surface area contributed by atoms with Gasteiger partial charge >= 0.3 is 53.4 Å². The van der Waals surface area contributed by atoms with Crippen LogP contribution in [0.15, 0.2) is 50.7 Å². The van der Waals surface area contributed by atoms with Crippen LogP contribution in [-0.2, 0) is 118 Å². The summed E-state index contributed by atoms with van der Waals surface area (Å²) >= 11 is 2.41. The Kier molecular flexibility index (Phi) is 53.1. The summed E-state index contributed by atoms with van der Waals surface area (Å²) in [5.41, 5.74) is -2.02. The average Bonchev–Trinajstić information content (AvgIpc) is 0.778. The molecule has 0 amide bonds. The maximum atomic E-state index is 12.6. The number of methoxy groups -OCH3 is 4. The van der Waals surface area contributed by atoms with Crippen LogP contribution < -0.4 is 29.6 Å². The van der Waals surface area contributed by atoms with Gasteiger partial charge in [0, 0.05) is 178 Å². The number of rotatable bonds is 42. The molecule has 0 aromatic heterocycles. The Bertz CT molecular complexity index is 4060. The second-order valence-electron chi connectivity index (χ2n) is 44.8. The van der Waals surface area contributed by atoms with E-state index in [1.54, 1.807) is 112 Å². The Hall–Kier alpha value is -4.05. The monoisotopic (exact) mass is 2180 g/mol. The molecule has 0 saturated carbocycles. The smallest absolute Gasteiger partial charge is 0.456 e. The van der Waals surface area contributed by atoms with Crippen LogP contribution in [0.4, 0.5) is 0 Å². The molecule has 2 N–H and O–H groups in total. The number of hydrogen-bond acceptors (Lipinski definition) is 36. The molecule has 8 rings (SSSR count). The number of alkyl halides is 1. The standard InChI is InChI=1S/C26H46INO6.C26H46N2O8.C26H47NO7.C25H44NO8P.HNO2.Na/c1-15(14-27)13-26(8,30-11)22(18(4)21-19(5)23(29)34-25(6,7)33-21)32-24-17(3)20(28(9)10)12-16(2)31-24;1-15(14-28(30)31)13-26(8,32-11)22(18(4)21-19(5)23(29)36-25(6,7)35-21)34-24-17(3)20(27(9)10)12-16(2)33-24;1-15(14-28)13-26(8,30-11)22(18(4)21-19(5)23(29)34-25(6,7)33-21)32-24-17(3)20(27(9)10)12-16(2)31-24;1-14(13-27)12-25(7,30-10)21(16(3)19-17(4)22(28)34-24(5,6)33-19)32-23-20(35-29)18(26(8)9)11-15(2)31-23;2-1-3;/h15-18,20,22,24H,12-14H2,1-11H3;15-18,20,22,24H,12-14H2,1-11H3;15-18,20,22,24,28H,12-14H2,1-11H3;14-16,18,20-21,23,27H,11-13H2,1-10H3;(H,2,3);/q;;;;;+1/p-1/t3*15-,16?,17?,18-,20?,22-,24+,26-;14-,15?,16+,18?,20?,21-,23+,25-;;/m1111../s1. The molecular formula is C103H183IN6NaO31P. The fourth-order valence-electron chi connectivity index (χ4n) is 21.3. The maximum Gasteiger partial charge on any atom is 1.00 e. The van der Waals surface area contributed by atoms with Crippen molar-refractivity contribution < 1.29 is 163 Å². The largest absolute Gasteiger partial charge is 1.00 e. The normalized spacial score (nSPS) is 30.7. The number of carbonyl (C=O) groups is 4. The first-order chi connectivity index (χ1) is 65.4. The van der Waals surface area contributed by atoms with Crippen molar-refractivity contribution in [2.45, 2.75) is 415 Å². The Morgan fingerprint density at radius 1 is 0.420 bits per heavy atom. The summed E-state index contributed by atoms with van der Waals surface area (Å²) in [6.07, 6.45) is 1.27. The van der Waals surface area contributed by atoms with Crippen LogP contribution in [-0.4, -0.2) is 317 Å². The molecule has 0 bridgehead atoms. The van der Waals surface area contributed by atoms with Crippen LogP contribution in [0.2, 0.25) is 0 Å². The van der Waals surface area contributed by atoms with Gasteiger partial charge in [-0.05, 0) is 209 Å². The number of aliphatic hydroxyl groups excluding tert-OH is 2.